The highest BCUT2D eigenvalue weighted by molar-refractivity contribution is 6.30. The van der Waals surface area contributed by atoms with Crippen LogP contribution in [0.25, 0.3) is 0 Å². The second-order valence-corrected chi connectivity index (χ2v) is 3.49. The number of nitrogens with one attached hydrogen (secondary N) is 1. The molecule has 1 atom stereocenters. The Morgan fingerprint density at radius 3 is 2.73 bits per heavy atom. The Hall–Kier alpha value is -1.06. The van der Waals surface area contributed by atoms with Crippen molar-refractivity contribution in [1.82, 2.24) is 5.32 Å². The molecule has 4 heteroatoms. The van der Waals surface area contributed by atoms with Gasteiger partial charge in [-0.15, -0.1) is 11.6 Å². The average Bonchev–Trinajstić information content (AvgIpc) is 2.29. The summed E-state index contributed by atoms with van der Waals surface area (Å²) in [5.74, 6) is -0.195. The van der Waals surface area contributed by atoms with Crippen molar-refractivity contribution in [2.45, 2.75) is 5.38 Å². The molecule has 0 spiro atoms. The van der Waals surface area contributed by atoms with Crippen molar-refractivity contribution in [2.24, 2.45) is 0 Å². The predicted octanol–water partition coefficient (Wildman–Crippen LogP) is 1.73. The number of hydrogen-bond donors (Lipinski definition) is 1. The smallest absolute Gasteiger partial charge is 0.242 e. The van der Waals surface area contributed by atoms with E-state index in [2.05, 4.69) is 5.32 Å². The summed E-state index contributed by atoms with van der Waals surface area (Å²) >= 11 is 5.98. The molecule has 1 aromatic rings. The monoisotopic (exact) mass is 227 g/mol. The van der Waals surface area contributed by atoms with E-state index >= 15 is 0 Å². The van der Waals surface area contributed by atoms with Crippen LogP contribution in [0.5, 0.6) is 0 Å². The molecular weight excluding hydrogens is 214 g/mol. The number of carbonyl (C=O) groups excluding carboxylic acids is 1. The molecule has 3 nitrogen and oxygen atoms in total. The van der Waals surface area contributed by atoms with E-state index in [1.807, 2.05) is 30.3 Å². The van der Waals surface area contributed by atoms with Crippen LogP contribution < -0.4 is 5.32 Å². The van der Waals surface area contributed by atoms with Crippen molar-refractivity contribution in [2.75, 3.05) is 20.3 Å². The van der Waals surface area contributed by atoms with Gasteiger partial charge in [0.2, 0.25) is 5.91 Å². The summed E-state index contributed by atoms with van der Waals surface area (Å²) in [5.41, 5.74) is 0.800. The van der Waals surface area contributed by atoms with E-state index in [9.17, 15) is 4.79 Å². The Balaban J connectivity index is 2.46. The van der Waals surface area contributed by atoms with Crippen LogP contribution in [-0.4, -0.2) is 26.2 Å². The molecule has 0 heterocycles. The van der Waals surface area contributed by atoms with E-state index in [-0.39, 0.29) is 5.91 Å². The molecule has 0 radical (unpaired) electrons. The summed E-state index contributed by atoms with van der Waals surface area (Å²) < 4.78 is 4.82. The second kappa shape index (κ2) is 6.43. The molecular formula is C11H14ClNO2. The average molecular weight is 228 g/mol. The third-order valence-corrected chi connectivity index (χ3v) is 2.38. The highest BCUT2D eigenvalue weighted by atomic mass is 35.5. The summed E-state index contributed by atoms with van der Waals surface area (Å²) in [6, 6.07) is 9.25. The first kappa shape index (κ1) is 12.0. The van der Waals surface area contributed by atoms with Crippen LogP contribution in [0.1, 0.15) is 10.9 Å². The first-order valence-electron chi connectivity index (χ1n) is 4.71. The van der Waals surface area contributed by atoms with Crippen molar-refractivity contribution in [3.8, 4) is 0 Å². The zero-order valence-corrected chi connectivity index (χ0v) is 9.33. The first-order valence-corrected chi connectivity index (χ1v) is 5.15. The zero-order valence-electron chi connectivity index (χ0n) is 8.57. The quantitative estimate of drug-likeness (QED) is 0.615. The molecule has 1 amide bonds. The maximum absolute atomic E-state index is 11.5. The van der Waals surface area contributed by atoms with Gasteiger partial charge in [-0.05, 0) is 5.56 Å². The van der Waals surface area contributed by atoms with Gasteiger partial charge in [0, 0.05) is 13.7 Å². The second-order valence-electron chi connectivity index (χ2n) is 3.06. The van der Waals surface area contributed by atoms with Gasteiger partial charge in [-0.25, -0.2) is 0 Å². The van der Waals surface area contributed by atoms with Crippen molar-refractivity contribution in [1.29, 1.82) is 0 Å². The van der Waals surface area contributed by atoms with Gasteiger partial charge in [0.05, 0.1) is 6.61 Å². The Morgan fingerprint density at radius 2 is 2.13 bits per heavy atom. The van der Waals surface area contributed by atoms with E-state index in [1.165, 1.54) is 0 Å². The number of rotatable bonds is 5. The van der Waals surface area contributed by atoms with Gasteiger partial charge in [-0.1, -0.05) is 30.3 Å². The summed E-state index contributed by atoms with van der Waals surface area (Å²) in [6.45, 7) is 0.968. The number of halogens is 1. The Labute approximate surface area is 94.4 Å². The number of hydrogen-bond acceptors (Lipinski definition) is 2. The van der Waals surface area contributed by atoms with E-state index in [1.54, 1.807) is 7.11 Å². The summed E-state index contributed by atoms with van der Waals surface area (Å²) in [4.78, 5) is 11.5. The standard InChI is InChI=1S/C11H14ClNO2/c1-15-8-7-13-11(14)10(12)9-5-3-2-4-6-9/h2-6,10H,7-8H2,1H3,(H,13,14). The normalized spacial score (nSPS) is 12.1. The maximum Gasteiger partial charge on any atom is 0.242 e. The van der Waals surface area contributed by atoms with E-state index in [4.69, 9.17) is 16.3 Å². The Morgan fingerprint density at radius 1 is 1.47 bits per heavy atom. The number of alkyl halides is 1. The fourth-order valence-corrected chi connectivity index (χ4v) is 1.36. The van der Waals surface area contributed by atoms with Gasteiger partial charge < -0.3 is 10.1 Å². The minimum atomic E-state index is -0.636. The third-order valence-electron chi connectivity index (χ3n) is 1.93. The van der Waals surface area contributed by atoms with Gasteiger partial charge >= 0.3 is 0 Å². The van der Waals surface area contributed by atoms with Gasteiger partial charge in [0.25, 0.3) is 0 Å². The van der Waals surface area contributed by atoms with Gasteiger partial charge in [-0.2, -0.15) is 0 Å². The highest BCUT2D eigenvalue weighted by Crippen LogP contribution is 2.19. The van der Waals surface area contributed by atoms with Gasteiger partial charge in [0.15, 0.2) is 0 Å². The van der Waals surface area contributed by atoms with Crippen LogP contribution in [0.4, 0.5) is 0 Å². The number of carbonyl (C=O) groups is 1. The highest BCUT2D eigenvalue weighted by Gasteiger charge is 2.16. The lowest BCUT2D eigenvalue weighted by Gasteiger charge is -2.10. The van der Waals surface area contributed by atoms with Crippen molar-refractivity contribution in [3.05, 3.63) is 35.9 Å². The summed E-state index contributed by atoms with van der Waals surface area (Å²) in [5, 5.41) is 2.05. The topological polar surface area (TPSA) is 38.3 Å². The fourth-order valence-electron chi connectivity index (χ4n) is 1.14. The molecule has 0 aliphatic rings. The molecule has 0 aliphatic carbocycles. The molecule has 1 unspecified atom stereocenters. The SMILES string of the molecule is COCCNC(=O)C(Cl)c1ccccc1. The minimum Gasteiger partial charge on any atom is -0.383 e. The number of methoxy groups -OCH3 is 1. The summed E-state index contributed by atoms with van der Waals surface area (Å²) in [6.07, 6.45) is 0. The van der Waals surface area contributed by atoms with E-state index in [0.717, 1.165) is 5.56 Å². The van der Waals surface area contributed by atoms with E-state index < -0.39 is 5.38 Å². The molecule has 0 saturated heterocycles. The minimum absolute atomic E-state index is 0.195. The molecule has 0 aliphatic heterocycles. The fraction of sp³-hybridized carbons (Fsp3) is 0.364. The Bertz CT molecular complexity index is 303. The molecule has 0 aromatic heterocycles. The lowest BCUT2D eigenvalue weighted by atomic mass is 10.1. The molecule has 15 heavy (non-hydrogen) atoms. The third kappa shape index (κ3) is 3.90. The largest absolute Gasteiger partial charge is 0.383 e. The molecule has 0 saturated carbocycles. The van der Waals surface area contributed by atoms with Crippen LogP contribution in [0, 0.1) is 0 Å². The number of amides is 1. The zero-order chi connectivity index (χ0) is 11.1. The van der Waals surface area contributed by atoms with Crippen molar-refractivity contribution < 1.29 is 9.53 Å². The van der Waals surface area contributed by atoms with Crippen LogP contribution in [0.3, 0.4) is 0 Å². The predicted molar refractivity (Wildman–Crippen MR) is 59.9 cm³/mol. The van der Waals surface area contributed by atoms with Crippen molar-refractivity contribution >= 4 is 17.5 Å². The van der Waals surface area contributed by atoms with Crippen molar-refractivity contribution in [3.63, 3.8) is 0 Å². The molecule has 82 valence electrons. The number of benzene rings is 1. The van der Waals surface area contributed by atoms with Gasteiger partial charge in [-0.3, -0.25) is 4.79 Å². The molecule has 0 bridgehead atoms. The van der Waals surface area contributed by atoms with Crippen LogP contribution in [0.15, 0.2) is 30.3 Å². The summed E-state index contributed by atoms with van der Waals surface area (Å²) in [7, 11) is 1.58. The van der Waals surface area contributed by atoms with Gasteiger partial charge in [0.1, 0.15) is 5.38 Å². The molecule has 1 rings (SSSR count). The first-order chi connectivity index (χ1) is 7.25. The van der Waals surface area contributed by atoms with Crippen LogP contribution in [-0.2, 0) is 9.53 Å². The Kier molecular flexibility index (Phi) is 5.15. The lowest BCUT2D eigenvalue weighted by Crippen LogP contribution is -2.29. The van der Waals surface area contributed by atoms with Crippen LogP contribution in [0.2, 0.25) is 0 Å². The van der Waals surface area contributed by atoms with Crippen LogP contribution >= 0.6 is 11.6 Å². The molecule has 1 aromatic carbocycles. The lowest BCUT2D eigenvalue weighted by molar-refractivity contribution is -0.121. The van der Waals surface area contributed by atoms with E-state index in [0.29, 0.717) is 13.2 Å². The maximum atomic E-state index is 11.5. The number of ether oxygens (including phenoxy) is 1. The molecule has 1 N–H and O–H groups in total. The molecule has 0 fully saturated rings.